The van der Waals surface area contributed by atoms with Gasteiger partial charge in [-0.3, -0.25) is 9.59 Å². The summed E-state index contributed by atoms with van der Waals surface area (Å²) in [6.07, 6.45) is 11.4. The molecule has 62 heavy (non-hydrogen) atoms. The van der Waals surface area contributed by atoms with Crippen molar-refractivity contribution in [3.8, 4) is 11.6 Å². The van der Waals surface area contributed by atoms with E-state index in [9.17, 15) is 9.59 Å². The monoisotopic (exact) mass is 844 g/mol. The van der Waals surface area contributed by atoms with Crippen molar-refractivity contribution < 1.29 is 9.59 Å². The molecular weight excluding hydrogens is 779 g/mol. The van der Waals surface area contributed by atoms with Crippen molar-refractivity contribution in [2.45, 2.75) is 131 Å². The van der Waals surface area contributed by atoms with E-state index in [0.29, 0.717) is 56.9 Å². The minimum Gasteiger partial charge on any atom is -0.382 e. The van der Waals surface area contributed by atoms with Crippen LogP contribution in [0, 0.1) is 5.92 Å². The summed E-state index contributed by atoms with van der Waals surface area (Å²) in [4.78, 5) is 37.6. The molecule has 3 heterocycles. The first kappa shape index (κ1) is 46.9. The van der Waals surface area contributed by atoms with Crippen LogP contribution in [0.2, 0.25) is 0 Å². The average Bonchev–Trinajstić information content (AvgIpc) is 3.80. The first-order valence-electron chi connectivity index (χ1n) is 22.4. The molecule has 0 saturated carbocycles. The van der Waals surface area contributed by atoms with Crippen LogP contribution in [-0.4, -0.2) is 59.2 Å². The molecule has 2 aromatic carbocycles. The predicted molar refractivity (Wildman–Crippen MR) is 247 cm³/mol. The summed E-state index contributed by atoms with van der Waals surface area (Å²) < 4.78 is 3.01. The average molecular weight is 844 g/mol. The van der Waals surface area contributed by atoms with Gasteiger partial charge in [0, 0.05) is 36.2 Å². The lowest BCUT2D eigenvalue weighted by atomic mass is 9.88. The van der Waals surface area contributed by atoms with Gasteiger partial charge in [0.1, 0.15) is 6.33 Å². The number of carbonyl (C=O) groups excluding carboxylic acids is 2. The van der Waals surface area contributed by atoms with Crippen molar-refractivity contribution in [1.82, 2.24) is 34.4 Å². The van der Waals surface area contributed by atoms with Crippen LogP contribution in [0.3, 0.4) is 0 Å². The number of benzene rings is 2. The lowest BCUT2D eigenvalue weighted by molar-refractivity contribution is 0.0750. The predicted octanol–water partition coefficient (Wildman–Crippen LogP) is 12.3. The van der Waals surface area contributed by atoms with Gasteiger partial charge in [0.2, 0.25) is 0 Å². The first-order chi connectivity index (χ1) is 29.9. The first-order valence-corrected chi connectivity index (χ1v) is 22.4. The molecule has 0 bridgehead atoms. The maximum atomic E-state index is 13.4. The van der Waals surface area contributed by atoms with E-state index in [1.165, 1.54) is 15.7 Å². The molecule has 3 aromatic heterocycles. The van der Waals surface area contributed by atoms with Crippen LogP contribution < -0.4 is 11.5 Å². The molecule has 0 radical (unpaired) electrons. The van der Waals surface area contributed by atoms with Crippen LogP contribution in [-0.2, 0) is 0 Å². The largest absolute Gasteiger partial charge is 0.382 e. The number of unbranched alkanes of at least 4 members (excludes halogenated alkanes) is 4. The molecule has 4 N–H and O–H groups in total. The number of Topliss-reactive ketones (excluding diaryl/α,β-unsaturated/α-hetero) is 1. The summed E-state index contributed by atoms with van der Waals surface area (Å²) >= 11 is 0. The quantitative estimate of drug-likeness (QED) is 0.0477. The van der Waals surface area contributed by atoms with Gasteiger partial charge in [0.25, 0.3) is 5.91 Å². The molecule has 0 unspecified atom stereocenters. The van der Waals surface area contributed by atoms with Gasteiger partial charge in [-0.2, -0.15) is 29.8 Å². The maximum absolute atomic E-state index is 13.4. The Morgan fingerprint density at radius 1 is 0.613 bits per heavy atom. The number of hydrogen-bond acceptors (Lipinski definition) is 12. The Kier molecular flexibility index (Phi) is 17.1. The normalized spacial score (nSPS) is 11.9. The van der Waals surface area contributed by atoms with Gasteiger partial charge >= 0.3 is 0 Å². The smallest absolute Gasteiger partial charge is 0.253 e. The Hall–Kier alpha value is -6.12. The zero-order valence-corrected chi connectivity index (χ0v) is 37.9. The van der Waals surface area contributed by atoms with Gasteiger partial charge in [-0.05, 0) is 86.1 Å². The minimum atomic E-state index is -0.0421. The van der Waals surface area contributed by atoms with Crippen LogP contribution in [0.5, 0.6) is 0 Å². The van der Waals surface area contributed by atoms with E-state index in [1.54, 1.807) is 30.3 Å². The highest BCUT2D eigenvalue weighted by atomic mass is 16.2. The number of nitrogens with two attached hydrogens (primary N) is 2. The van der Waals surface area contributed by atoms with Gasteiger partial charge in [-0.15, -0.1) is 10.2 Å². The number of ketones is 1. The Balaban J connectivity index is 1.38. The summed E-state index contributed by atoms with van der Waals surface area (Å²) in [5.41, 5.74) is 18.0. The highest BCUT2D eigenvalue weighted by Gasteiger charge is 2.24. The Labute approximate surface area is 366 Å². The van der Waals surface area contributed by atoms with Gasteiger partial charge < -0.3 is 16.4 Å². The molecule has 15 nitrogen and oxygen atoms in total. The van der Waals surface area contributed by atoms with Crippen molar-refractivity contribution in [3.05, 3.63) is 83.4 Å². The molecule has 330 valence electrons. The molecular formula is C47H65N13O2. The zero-order chi connectivity index (χ0) is 44.8. The van der Waals surface area contributed by atoms with Crippen molar-refractivity contribution >= 4 is 46.1 Å². The van der Waals surface area contributed by atoms with E-state index in [0.717, 1.165) is 77.3 Å². The molecule has 15 heteroatoms. The molecule has 0 aliphatic carbocycles. The van der Waals surface area contributed by atoms with E-state index in [1.807, 2.05) is 56.9 Å². The Bertz CT molecular complexity index is 2120. The molecule has 1 amide bonds. The molecule has 0 aliphatic rings. The molecule has 0 fully saturated rings. The number of amides is 1. The fraction of sp³-hybridized carbons (Fsp3) is 0.489. The van der Waals surface area contributed by atoms with E-state index in [4.69, 9.17) is 21.7 Å². The molecule has 0 aliphatic heterocycles. The van der Waals surface area contributed by atoms with Crippen LogP contribution in [0.4, 0.5) is 34.4 Å². The zero-order valence-electron chi connectivity index (χ0n) is 37.9. The third-order valence-electron chi connectivity index (χ3n) is 10.8. The van der Waals surface area contributed by atoms with E-state index in [-0.39, 0.29) is 41.1 Å². The number of rotatable bonds is 23. The number of nitrogen functional groups attached to an aromatic ring is 2. The molecule has 5 aromatic rings. The molecule has 0 spiro atoms. The van der Waals surface area contributed by atoms with E-state index < -0.39 is 0 Å². The molecule has 0 saturated heterocycles. The summed E-state index contributed by atoms with van der Waals surface area (Å²) in [6, 6.07) is 16.1. The summed E-state index contributed by atoms with van der Waals surface area (Å²) in [5.74, 6) is 1.41. The second-order valence-electron chi connectivity index (χ2n) is 16.4. The number of azo groups is 2. The van der Waals surface area contributed by atoms with Crippen LogP contribution in [0.25, 0.3) is 11.6 Å². The number of nitrogens with zero attached hydrogens (tertiary/aromatic N) is 11. The van der Waals surface area contributed by atoms with Crippen LogP contribution in [0.15, 0.2) is 81.4 Å². The number of aromatic nitrogens is 6. The highest BCUT2D eigenvalue weighted by Crippen LogP contribution is 2.37. The van der Waals surface area contributed by atoms with Gasteiger partial charge in [0.05, 0.1) is 22.8 Å². The van der Waals surface area contributed by atoms with Crippen molar-refractivity contribution in [2.75, 3.05) is 24.6 Å². The van der Waals surface area contributed by atoms with Crippen molar-refractivity contribution in [1.29, 1.82) is 0 Å². The lowest BCUT2D eigenvalue weighted by Crippen LogP contribution is -2.32. The molecule has 0 atom stereocenters. The fourth-order valence-electron chi connectivity index (χ4n) is 7.10. The number of anilines is 2. The minimum absolute atomic E-state index is 0.0226. The van der Waals surface area contributed by atoms with Gasteiger partial charge in [-0.1, -0.05) is 93.9 Å². The summed E-state index contributed by atoms with van der Waals surface area (Å²) in [5, 5.41) is 27.7. The van der Waals surface area contributed by atoms with Gasteiger partial charge in [0.15, 0.2) is 40.4 Å². The summed E-state index contributed by atoms with van der Waals surface area (Å²) in [7, 11) is 0. The Morgan fingerprint density at radius 2 is 1.03 bits per heavy atom. The highest BCUT2D eigenvalue weighted by molar-refractivity contribution is 5.98. The van der Waals surface area contributed by atoms with Crippen LogP contribution in [0.1, 0.15) is 164 Å². The number of hydrogen-bond donors (Lipinski definition) is 2. The van der Waals surface area contributed by atoms with Gasteiger partial charge in [-0.25, -0.2) is 9.97 Å². The second-order valence-corrected chi connectivity index (χ2v) is 16.4. The standard InChI is InChI=1S/C47H65N13O2/c1-9-13-17-33(18-14-10-2)44(61)34-19-23-36(24-20-34)52-54-42-40(31(5)6)56-59(45(42)48)38-29-39(51-30-50-38)60-46(49)43(41(57-60)32(7)8)55-53-37-25-21-35(22-26-37)47(62)58(27-15-11-3)28-16-12-4/h19-26,29-33H,9-18,27-28,48-49H2,1-8H3/b54-52+,55-53+. The maximum Gasteiger partial charge on any atom is 0.253 e. The van der Waals surface area contributed by atoms with E-state index in [2.05, 4.69) is 58.1 Å². The number of carbonyl (C=O) groups is 2. The van der Waals surface area contributed by atoms with Crippen LogP contribution >= 0.6 is 0 Å². The summed E-state index contributed by atoms with van der Waals surface area (Å²) in [6.45, 7) is 18.1. The second kappa shape index (κ2) is 22.6. The molecule has 5 rings (SSSR count). The van der Waals surface area contributed by atoms with Crippen molar-refractivity contribution in [2.24, 2.45) is 26.4 Å². The SMILES string of the molecule is CCCCC(CCCC)C(=O)c1ccc(/N=N/c2c(C(C)C)nn(-c3cc(-n4nc(C(C)C)c(/N=N/c5ccc(C(=O)N(CCCC)CCCC)cc5)c4N)ncn3)c2N)cc1. The fourth-order valence-corrected chi connectivity index (χ4v) is 7.10. The van der Waals surface area contributed by atoms with Crippen molar-refractivity contribution in [3.63, 3.8) is 0 Å². The lowest BCUT2D eigenvalue weighted by Gasteiger charge is -2.22. The van der Waals surface area contributed by atoms with E-state index >= 15 is 0 Å². The third kappa shape index (κ3) is 11.6. The topological polar surface area (TPSA) is 200 Å². The third-order valence-corrected chi connectivity index (χ3v) is 10.8. The Morgan fingerprint density at radius 3 is 1.44 bits per heavy atom.